The minimum atomic E-state index is 0.0555. The maximum atomic E-state index is 6.17. The zero-order valence-corrected chi connectivity index (χ0v) is 26.3. The topological polar surface area (TPSA) is 61.9 Å². The Morgan fingerprint density at radius 3 is 2.28 bits per heavy atom. The number of benzene rings is 6. The molecular weight excluding hydrogens is 580 g/mol. The third-order valence-electron chi connectivity index (χ3n) is 10.8. The second-order valence-corrected chi connectivity index (χ2v) is 12.5. The molecule has 0 bridgehead atoms. The Morgan fingerprint density at radius 2 is 1.50 bits per heavy atom. The van der Waals surface area contributed by atoms with Gasteiger partial charge in [-0.2, -0.15) is 0 Å². The molecule has 4 aliphatic rings. The van der Waals surface area contributed by atoms with Crippen LogP contribution < -0.4 is 38.2 Å². The summed E-state index contributed by atoms with van der Waals surface area (Å²) in [6.07, 6.45) is 0.920. The minimum absolute atomic E-state index is 0.0555. The first-order valence-corrected chi connectivity index (χ1v) is 15.6. The molecule has 4 heterocycles. The van der Waals surface area contributed by atoms with E-state index in [0.717, 1.165) is 51.7 Å². The molecule has 0 aliphatic carbocycles. The Bertz CT molecular complexity index is 2350. The largest absolute Gasteiger partial charge is 0.493 e. The third kappa shape index (κ3) is 2.95. The first-order chi connectivity index (χ1) is 22.6. The van der Waals surface area contributed by atoms with Gasteiger partial charge in [0.05, 0.1) is 46.2 Å². The summed E-state index contributed by atoms with van der Waals surface area (Å²) < 4.78 is 35.9. The van der Waals surface area contributed by atoms with Crippen LogP contribution in [0.2, 0.25) is 0 Å². The van der Waals surface area contributed by atoms with E-state index < -0.39 is 0 Å². The van der Waals surface area contributed by atoms with Gasteiger partial charge in [0.2, 0.25) is 6.79 Å². The van der Waals surface area contributed by atoms with Gasteiger partial charge in [-0.3, -0.25) is 0 Å². The van der Waals surface area contributed by atoms with Gasteiger partial charge in [0, 0.05) is 46.4 Å². The van der Waals surface area contributed by atoms with Crippen LogP contribution in [0.5, 0.6) is 34.5 Å². The molecule has 8 heteroatoms. The van der Waals surface area contributed by atoms with Gasteiger partial charge in [-0.1, -0.05) is 24.3 Å². The van der Waals surface area contributed by atoms with Crippen molar-refractivity contribution < 1.29 is 28.4 Å². The smallest absolute Gasteiger partial charge is 0.231 e. The molecule has 0 saturated heterocycles. The summed E-state index contributed by atoms with van der Waals surface area (Å²) in [5, 5.41) is 9.15. The van der Waals surface area contributed by atoms with Crippen molar-refractivity contribution in [3.63, 3.8) is 0 Å². The molecule has 0 N–H and O–H groups in total. The molecule has 0 saturated carbocycles. The molecule has 0 aromatic heterocycles. The van der Waals surface area contributed by atoms with Crippen LogP contribution in [0.25, 0.3) is 43.1 Å². The average molecular weight is 613 g/mol. The lowest BCUT2D eigenvalue weighted by molar-refractivity contribution is 0.175. The fourth-order valence-corrected chi connectivity index (χ4v) is 8.98. The van der Waals surface area contributed by atoms with Crippen molar-refractivity contribution >= 4 is 54.5 Å². The second-order valence-electron chi connectivity index (χ2n) is 12.5. The van der Waals surface area contributed by atoms with Gasteiger partial charge in [-0.15, -0.1) is 0 Å². The van der Waals surface area contributed by atoms with Crippen LogP contribution >= 0.6 is 0 Å². The summed E-state index contributed by atoms with van der Waals surface area (Å²) in [4.78, 5) is 5.13. The zero-order valence-electron chi connectivity index (χ0n) is 26.3. The lowest BCUT2D eigenvalue weighted by Crippen LogP contribution is -2.38. The van der Waals surface area contributed by atoms with Crippen molar-refractivity contribution in [3.05, 3.63) is 71.3 Å². The van der Waals surface area contributed by atoms with Crippen molar-refractivity contribution in [2.75, 3.05) is 58.6 Å². The average Bonchev–Trinajstić information content (AvgIpc) is 3.71. The molecule has 6 aromatic carbocycles. The molecular formula is C38H32N2O6. The summed E-state index contributed by atoms with van der Waals surface area (Å²) >= 11 is 0. The van der Waals surface area contributed by atoms with Crippen LogP contribution in [-0.4, -0.2) is 48.8 Å². The number of likely N-dealkylation sites (N-methyl/N-ethyl adjacent to an activating group) is 1. The van der Waals surface area contributed by atoms with E-state index in [1.807, 2.05) is 0 Å². The first kappa shape index (κ1) is 26.0. The van der Waals surface area contributed by atoms with E-state index in [4.69, 9.17) is 28.4 Å². The molecule has 46 heavy (non-hydrogen) atoms. The molecule has 0 radical (unpaired) electrons. The fraction of sp³-hybridized carbons (Fsp3) is 0.263. The molecule has 6 aromatic rings. The predicted molar refractivity (Wildman–Crippen MR) is 180 cm³/mol. The lowest BCUT2D eigenvalue weighted by atomic mass is 9.83. The number of anilines is 2. The highest BCUT2D eigenvalue weighted by molar-refractivity contribution is 6.23. The second kappa shape index (κ2) is 8.94. The monoisotopic (exact) mass is 612 g/mol. The molecule has 2 atom stereocenters. The Labute approximate surface area is 265 Å². The van der Waals surface area contributed by atoms with Crippen molar-refractivity contribution in [3.8, 4) is 34.5 Å². The van der Waals surface area contributed by atoms with E-state index in [2.05, 4.69) is 71.4 Å². The molecule has 230 valence electrons. The van der Waals surface area contributed by atoms with E-state index in [1.165, 1.54) is 43.9 Å². The Balaban J connectivity index is 1.36. The van der Waals surface area contributed by atoms with Crippen molar-refractivity contribution in [1.29, 1.82) is 0 Å². The number of methoxy groups -OCH3 is 4. The predicted octanol–water partition coefficient (Wildman–Crippen LogP) is 7.67. The Morgan fingerprint density at radius 1 is 0.717 bits per heavy atom. The van der Waals surface area contributed by atoms with Gasteiger partial charge in [-0.25, -0.2) is 0 Å². The first-order valence-electron chi connectivity index (χ1n) is 15.6. The summed E-state index contributed by atoms with van der Waals surface area (Å²) in [6.45, 7) is 1.14. The normalized spacial score (nSPS) is 18.5. The van der Waals surface area contributed by atoms with Gasteiger partial charge < -0.3 is 38.2 Å². The van der Waals surface area contributed by atoms with Crippen LogP contribution in [0.15, 0.2) is 54.6 Å². The maximum Gasteiger partial charge on any atom is 0.231 e. The SMILES string of the molecule is COc1cc2cc3c4c(cc(OC)c(OC)c4c2cc1OC)C1C(c2c4c5c(cc6c(c5c5ccccc25)OCO6)CCN41)N3C. The number of hydrogen-bond acceptors (Lipinski definition) is 8. The summed E-state index contributed by atoms with van der Waals surface area (Å²) in [5.41, 5.74) is 6.36. The lowest BCUT2D eigenvalue weighted by Gasteiger charge is -2.42. The Hall–Kier alpha value is -5.24. The van der Waals surface area contributed by atoms with E-state index >= 15 is 0 Å². The van der Waals surface area contributed by atoms with Gasteiger partial charge in [0.15, 0.2) is 34.5 Å². The van der Waals surface area contributed by atoms with Gasteiger partial charge in [-0.05, 0) is 69.4 Å². The number of ether oxygens (including phenoxy) is 6. The van der Waals surface area contributed by atoms with Gasteiger partial charge in [0.25, 0.3) is 0 Å². The van der Waals surface area contributed by atoms with Crippen LogP contribution in [0, 0.1) is 0 Å². The number of hydrogen-bond donors (Lipinski definition) is 0. The van der Waals surface area contributed by atoms with E-state index in [1.54, 1.807) is 28.4 Å². The maximum absolute atomic E-state index is 6.17. The van der Waals surface area contributed by atoms with Crippen LogP contribution in [0.1, 0.15) is 28.8 Å². The Kier molecular flexibility index (Phi) is 5.06. The highest BCUT2D eigenvalue weighted by atomic mass is 16.7. The van der Waals surface area contributed by atoms with Gasteiger partial charge >= 0.3 is 0 Å². The molecule has 2 unspecified atom stereocenters. The minimum Gasteiger partial charge on any atom is -0.493 e. The zero-order chi connectivity index (χ0) is 31.0. The van der Waals surface area contributed by atoms with Crippen LogP contribution in [0.4, 0.5) is 11.4 Å². The van der Waals surface area contributed by atoms with Crippen molar-refractivity contribution in [2.45, 2.75) is 18.5 Å². The fourth-order valence-electron chi connectivity index (χ4n) is 8.98. The number of fused-ring (bicyclic) bond motifs is 11. The van der Waals surface area contributed by atoms with Crippen LogP contribution in [-0.2, 0) is 6.42 Å². The summed E-state index contributed by atoms with van der Waals surface area (Å²) in [6, 6.07) is 19.7. The standard InChI is InChI=1S/C38H32N2O6/c1-39-24-12-19-14-25(41-2)26(42-3)15-22(19)32-30(24)23(16-27(43-4)37(32)44-5)34-36(39)33-21-9-7-6-8-20(21)31-29-18(10-11-40(34)35(29)33)13-28-38(31)46-17-45-28/h6-9,12-16,34,36H,10-11,17H2,1-5H3. The quantitative estimate of drug-likeness (QED) is 0.188. The third-order valence-corrected chi connectivity index (χ3v) is 10.8. The van der Waals surface area contributed by atoms with Crippen molar-refractivity contribution in [1.82, 2.24) is 0 Å². The molecule has 4 aliphatic heterocycles. The van der Waals surface area contributed by atoms with E-state index in [0.29, 0.717) is 23.0 Å². The van der Waals surface area contributed by atoms with Crippen molar-refractivity contribution in [2.24, 2.45) is 0 Å². The molecule has 0 fully saturated rings. The highest BCUT2D eigenvalue weighted by Crippen LogP contribution is 2.65. The number of nitrogens with zero attached hydrogens (tertiary/aromatic N) is 2. The molecule has 0 spiro atoms. The van der Waals surface area contributed by atoms with E-state index in [9.17, 15) is 0 Å². The molecule has 0 amide bonds. The summed E-state index contributed by atoms with van der Waals surface area (Å²) in [5.74, 6) is 4.49. The van der Waals surface area contributed by atoms with Gasteiger partial charge in [0.1, 0.15) is 0 Å². The number of rotatable bonds is 4. The molecule has 10 rings (SSSR count). The summed E-state index contributed by atoms with van der Waals surface area (Å²) in [7, 11) is 9.03. The van der Waals surface area contributed by atoms with E-state index in [-0.39, 0.29) is 18.9 Å². The highest BCUT2D eigenvalue weighted by Gasteiger charge is 2.50. The molecule has 8 nitrogen and oxygen atoms in total. The van der Waals surface area contributed by atoms with Crippen LogP contribution in [0.3, 0.4) is 0 Å².